The van der Waals surface area contributed by atoms with E-state index in [9.17, 15) is 5.11 Å². The predicted octanol–water partition coefficient (Wildman–Crippen LogP) is 5.72. The first-order valence-corrected chi connectivity index (χ1v) is 11.2. The number of para-hydroxylation sites is 1. The summed E-state index contributed by atoms with van der Waals surface area (Å²) in [5.74, 6) is 2.88. The van der Waals surface area contributed by atoms with Crippen LogP contribution in [0.3, 0.4) is 0 Å². The molecule has 5 rings (SSSR count). The third kappa shape index (κ3) is 2.88. The molecule has 0 bridgehead atoms. The van der Waals surface area contributed by atoms with E-state index in [0.717, 1.165) is 29.9 Å². The zero-order valence-electron chi connectivity index (χ0n) is 17.2. The van der Waals surface area contributed by atoms with E-state index in [4.69, 9.17) is 0 Å². The normalized spacial score (nSPS) is 33.8. The lowest BCUT2D eigenvalue weighted by Crippen LogP contribution is -2.48. The minimum Gasteiger partial charge on any atom is -0.508 e. The molecule has 3 aliphatic carbocycles. The summed E-state index contributed by atoms with van der Waals surface area (Å²) >= 11 is 0. The smallest absolute Gasteiger partial charge is 0.120 e. The summed E-state index contributed by atoms with van der Waals surface area (Å²) in [7, 11) is 0. The Morgan fingerprint density at radius 3 is 2.79 bits per heavy atom. The molecule has 3 unspecified atom stereocenters. The van der Waals surface area contributed by atoms with Crippen molar-refractivity contribution < 1.29 is 5.11 Å². The zero-order valence-corrected chi connectivity index (χ0v) is 17.2. The van der Waals surface area contributed by atoms with Crippen LogP contribution in [0, 0.1) is 24.2 Å². The van der Waals surface area contributed by atoms with E-state index in [2.05, 4.69) is 37.4 Å². The Balaban J connectivity index is 1.34. The molecule has 2 fully saturated rings. The van der Waals surface area contributed by atoms with Crippen LogP contribution in [-0.2, 0) is 13.0 Å². The van der Waals surface area contributed by atoms with Crippen molar-refractivity contribution in [2.24, 2.45) is 17.3 Å². The fourth-order valence-electron chi connectivity index (χ4n) is 6.94. The molecule has 0 radical (unpaired) electrons. The van der Waals surface area contributed by atoms with E-state index in [1.165, 1.54) is 44.1 Å². The van der Waals surface area contributed by atoms with Crippen molar-refractivity contribution in [1.29, 1.82) is 0 Å². The summed E-state index contributed by atoms with van der Waals surface area (Å²) in [6, 6.07) is 15.5. The summed E-state index contributed by atoms with van der Waals surface area (Å²) in [6.07, 6.45) is 7.93. The predicted molar refractivity (Wildman–Crippen MR) is 115 cm³/mol. The summed E-state index contributed by atoms with van der Waals surface area (Å²) in [5.41, 5.74) is 6.11. The molecule has 0 aromatic heterocycles. The van der Waals surface area contributed by atoms with Gasteiger partial charge in [-0.1, -0.05) is 48.9 Å². The minimum absolute atomic E-state index is 0.397. The summed E-state index contributed by atoms with van der Waals surface area (Å²) in [6.45, 7) is 5.55. The van der Waals surface area contributed by atoms with Crippen molar-refractivity contribution in [1.82, 2.24) is 5.32 Å². The molecule has 5 atom stereocenters. The van der Waals surface area contributed by atoms with Gasteiger partial charge < -0.3 is 10.4 Å². The molecule has 2 N–H and O–H groups in total. The first-order valence-electron chi connectivity index (χ1n) is 11.2. The second-order valence-corrected chi connectivity index (χ2v) is 9.80. The highest BCUT2D eigenvalue weighted by atomic mass is 16.3. The van der Waals surface area contributed by atoms with Gasteiger partial charge in [0.25, 0.3) is 0 Å². The lowest BCUT2D eigenvalue weighted by molar-refractivity contribution is 0.0408. The molecule has 0 heterocycles. The van der Waals surface area contributed by atoms with Gasteiger partial charge in [-0.25, -0.2) is 0 Å². The number of aryl methyl sites for hydroxylation is 2. The number of aromatic hydroxyl groups is 1. The average molecular weight is 376 g/mol. The second kappa shape index (κ2) is 6.91. The number of nitrogens with one attached hydrogen (secondary N) is 1. The first kappa shape index (κ1) is 18.2. The minimum atomic E-state index is 0.397. The highest BCUT2D eigenvalue weighted by Gasteiger charge is 2.54. The third-order valence-corrected chi connectivity index (χ3v) is 8.41. The lowest BCUT2D eigenvalue weighted by Gasteiger charge is -2.51. The van der Waals surface area contributed by atoms with Crippen LogP contribution in [0.5, 0.6) is 5.75 Å². The Morgan fingerprint density at radius 1 is 1.07 bits per heavy atom. The van der Waals surface area contributed by atoms with Crippen LogP contribution >= 0.6 is 0 Å². The Kier molecular flexibility index (Phi) is 4.50. The van der Waals surface area contributed by atoms with Gasteiger partial charge in [-0.2, -0.15) is 0 Å². The maximum atomic E-state index is 10.1. The third-order valence-electron chi connectivity index (χ3n) is 8.41. The van der Waals surface area contributed by atoms with E-state index in [1.807, 2.05) is 18.2 Å². The molecule has 2 aromatic carbocycles. The molecule has 2 saturated carbocycles. The standard InChI is InChI=1S/C26H33NO/c1-17-7-9-20-18(15-17)8-10-22-21(20)13-14-26(2)23(22)11-12-25(26)27-16-19-5-3-4-6-24(19)28/h3-7,9,15,21-23,25,27-28H,8,10-14,16H2,1-2H3/t21?,22?,23?,25-,26-/m0/s1. The van der Waals surface area contributed by atoms with Gasteiger partial charge in [0, 0.05) is 18.2 Å². The number of rotatable bonds is 3. The SMILES string of the molecule is Cc1ccc2c(c1)CCC1C2CC[C@@]2(C)C1CC[C@@H]2NCc1ccccc1O. The number of hydrogen-bond acceptors (Lipinski definition) is 2. The Labute approximate surface area is 169 Å². The van der Waals surface area contributed by atoms with Crippen molar-refractivity contribution >= 4 is 0 Å². The summed E-state index contributed by atoms with van der Waals surface area (Å²) < 4.78 is 0. The molecule has 3 aliphatic rings. The topological polar surface area (TPSA) is 32.3 Å². The van der Waals surface area contributed by atoms with Crippen LogP contribution in [0.25, 0.3) is 0 Å². The number of hydrogen-bond donors (Lipinski definition) is 2. The fourth-order valence-corrected chi connectivity index (χ4v) is 6.94. The average Bonchev–Trinajstić information content (AvgIpc) is 3.03. The van der Waals surface area contributed by atoms with E-state index in [-0.39, 0.29) is 0 Å². The maximum absolute atomic E-state index is 10.1. The number of benzene rings is 2. The van der Waals surface area contributed by atoms with Crippen molar-refractivity contribution in [3.63, 3.8) is 0 Å². The Hall–Kier alpha value is -1.80. The van der Waals surface area contributed by atoms with Gasteiger partial charge in [0.2, 0.25) is 0 Å². The Bertz CT molecular complexity index is 874. The molecular formula is C26H33NO. The molecule has 2 heteroatoms. The molecule has 0 saturated heterocycles. The van der Waals surface area contributed by atoms with Gasteiger partial charge in [-0.3, -0.25) is 0 Å². The van der Waals surface area contributed by atoms with Crippen molar-refractivity contribution in [3.8, 4) is 5.75 Å². The van der Waals surface area contributed by atoms with E-state index in [1.54, 1.807) is 17.2 Å². The molecule has 2 nitrogen and oxygen atoms in total. The fraction of sp³-hybridized carbons (Fsp3) is 0.538. The van der Waals surface area contributed by atoms with Crippen LogP contribution in [0.4, 0.5) is 0 Å². The first-order chi connectivity index (χ1) is 13.6. The lowest BCUT2D eigenvalue weighted by atomic mass is 9.55. The largest absolute Gasteiger partial charge is 0.508 e. The zero-order chi connectivity index (χ0) is 19.3. The van der Waals surface area contributed by atoms with Crippen LogP contribution in [0.15, 0.2) is 42.5 Å². The molecule has 2 aromatic rings. The number of fused-ring (bicyclic) bond motifs is 5. The number of phenolic OH excluding ortho intramolecular Hbond substituents is 1. The van der Waals surface area contributed by atoms with Crippen LogP contribution in [0.2, 0.25) is 0 Å². The molecule has 0 aliphatic heterocycles. The summed E-state index contributed by atoms with van der Waals surface area (Å²) in [4.78, 5) is 0. The van der Waals surface area contributed by atoms with Crippen molar-refractivity contribution in [2.75, 3.05) is 0 Å². The molecule has 0 spiro atoms. The van der Waals surface area contributed by atoms with Gasteiger partial charge in [-0.05, 0) is 85.8 Å². The molecule has 0 amide bonds. The van der Waals surface area contributed by atoms with Crippen LogP contribution in [0.1, 0.15) is 67.2 Å². The monoisotopic (exact) mass is 375 g/mol. The Morgan fingerprint density at radius 2 is 1.93 bits per heavy atom. The van der Waals surface area contributed by atoms with E-state index < -0.39 is 0 Å². The van der Waals surface area contributed by atoms with Crippen molar-refractivity contribution in [3.05, 3.63) is 64.7 Å². The van der Waals surface area contributed by atoms with Gasteiger partial charge >= 0.3 is 0 Å². The highest BCUT2D eigenvalue weighted by molar-refractivity contribution is 5.38. The highest BCUT2D eigenvalue weighted by Crippen LogP contribution is 2.60. The van der Waals surface area contributed by atoms with Crippen LogP contribution < -0.4 is 5.32 Å². The van der Waals surface area contributed by atoms with Gasteiger partial charge in [0.15, 0.2) is 0 Å². The van der Waals surface area contributed by atoms with E-state index in [0.29, 0.717) is 17.2 Å². The quantitative estimate of drug-likeness (QED) is 0.719. The number of phenols is 1. The maximum Gasteiger partial charge on any atom is 0.120 e. The second-order valence-electron chi connectivity index (χ2n) is 9.80. The molecule has 148 valence electrons. The van der Waals surface area contributed by atoms with Gasteiger partial charge in [0.05, 0.1) is 0 Å². The van der Waals surface area contributed by atoms with Gasteiger partial charge in [-0.15, -0.1) is 0 Å². The van der Waals surface area contributed by atoms with Gasteiger partial charge in [0.1, 0.15) is 5.75 Å². The van der Waals surface area contributed by atoms with E-state index >= 15 is 0 Å². The summed E-state index contributed by atoms with van der Waals surface area (Å²) in [5, 5.41) is 13.9. The molecule has 28 heavy (non-hydrogen) atoms. The van der Waals surface area contributed by atoms with Crippen molar-refractivity contribution in [2.45, 2.75) is 70.9 Å². The molecular weight excluding hydrogens is 342 g/mol. The van der Waals surface area contributed by atoms with Crippen LogP contribution in [-0.4, -0.2) is 11.1 Å².